The molecule has 174 valence electrons. The third kappa shape index (κ3) is 4.01. The van der Waals surface area contributed by atoms with Gasteiger partial charge in [-0.2, -0.15) is 13.2 Å². The van der Waals surface area contributed by atoms with Crippen molar-refractivity contribution in [1.82, 2.24) is 30.4 Å². The molecule has 1 unspecified atom stereocenters. The van der Waals surface area contributed by atoms with Gasteiger partial charge in [-0.05, 0) is 30.7 Å². The largest absolute Gasteiger partial charge is 0.405 e. The van der Waals surface area contributed by atoms with E-state index >= 15 is 0 Å². The van der Waals surface area contributed by atoms with E-state index in [1.807, 2.05) is 5.32 Å². The zero-order chi connectivity index (χ0) is 23.3. The monoisotopic (exact) mass is 463 g/mol. The Bertz CT molecular complexity index is 1250. The molecule has 13 heteroatoms. The molecule has 1 aromatic carbocycles. The van der Waals surface area contributed by atoms with Crippen molar-refractivity contribution in [2.24, 2.45) is 0 Å². The van der Waals surface area contributed by atoms with Gasteiger partial charge in [-0.25, -0.2) is 9.59 Å². The minimum absolute atomic E-state index is 0.169. The van der Waals surface area contributed by atoms with Crippen LogP contribution >= 0.6 is 0 Å². The second kappa shape index (κ2) is 7.60. The summed E-state index contributed by atoms with van der Waals surface area (Å²) in [5.41, 5.74) is 1.92. The number of nitrogens with one attached hydrogen (secondary N) is 5. The standard InChI is InChI=1S/C20H20F3N7O3/c21-20(22,23)9-24-17(31)13-3-4-15-16(26-13)30(11-5-6-29(15)8-11)19(33)25-10-1-2-12-14(7-10)28-18(32)27-12/h1-4,7,11,13,26H,5-6,8-9H2,(H,24,31)(H,25,33)(H2,27,28,32)/t11-,13?/m0/s1. The van der Waals surface area contributed by atoms with Gasteiger partial charge >= 0.3 is 17.9 Å². The molecular weight excluding hydrogens is 443 g/mol. The minimum atomic E-state index is -4.52. The summed E-state index contributed by atoms with van der Waals surface area (Å²) in [6, 6.07) is 3.24. The van der Waals surface area contributed by atoms with E-state index < -0.39 is 30.7 Å². The molecule has 5 rings (SSSR count). The number of hydrogen-bond donors (Lipinski definition) is 5. The van der Waals surface area contributed by atoms with Gasteiger partial charge in [0.25, 0.3) is 0 Å². The van der Waals surface area contributed by atoms with Gasteiger partial charge < -0.3 is 30.8 Å². The van der Waals surface area contributed by atoms with Crippen LogP contribution in [0.2, 0.25) is 0 Å². The van der Waals surface area contributed by atoms with Gasteiger partial charge in [0.05, 0.1) is 22.8 Å². The Balaban J connectivity index is 1.37. The molecule has 3 amide bonds. The van der Waals surface area contributed by atoms with Gasteiger partial charge in [0.15, 0.2) is 0 Å². The number of benzene rings is 1. The number of anilines is 1. The number of rotatable bonds is 3. The van der Waals surface area contributed by atoms with Crippen molar-refractivity contribution in [3.05, 3.63) is 52.4 Å². The molecule has 0 spiro atoms. The highest BCUT2D eigenvalue weighted by atomic mass is 19.4. The molecule has 1 saturated heterocycles. The Labute approximate surface area is 184 Å². The molecule has 3 aliphatic rings. The van der Waals surface area contributed by atoms with Crippen LogP contribution in [0.4, 0.5) is 23.7 Å². The number of amides is 3. The summed E-state index contributed by atoms with van der Waals surface area (Å²) in [5, 5.41) is 7.59. The van der Waals surface area contributed by atoms with Crippen molar-refractivity contribution in [3.63, 3.8) is 0 Å². The Morgan fingerprint density at radius 2 is 1.97 bits per heavy atom. The van der Waals surface area contributed by atoms with Gasteiger partial charge in [0, 0.05) is 18.8 Å². The predicted octanol–water partition coefficient (Wildman–Crippen LogP) is 1.15. The smallest absolute Gasteiger partial charge is 0.366 e. The van der Waals surface area contributed by atoms with E-state index in [2.05, 4.69) is 25.5 Å². The summed E-state index contributed by atoms with van der Waals surface area (Å²) < 4.78 is 37.5. The first-order valence-corrected chi connectivity index (χ1v) is 10.3. The number of aromatic amines is 2. The van der Waals surface area contributed by atoms with Crippen molar-refractivity contribution in [1.29, 1.82) is 0 Å². The van der Waals surface area contributed by atoms with Crippen LogP contribution in [0.25, 0.3) is 11.0 Å². The lowest BCUT2D eigenvalue weighted by molar-refractivity contribution is -0.138. The molecule has 0 aliphatic carbocycles. The molecule has 3 aliphatic heterocycles. The Morgan fingerprint density at radius 3 is 2.76 bits per heavy atom. The number of alkyl halides is 3. The number of allylic oxidation sites excluding steroid dienone is 1. The maximum atomic E-state index is 13.3. The molecule has 2 bridgehead atoms. The highest BCUT2D eigenvalue weighted by Crippen LogP contribution is 2.33. The van der Waals surface area contributed by atoms with Crippen molar-refractivity contribution in [2.45, 2.75) is 24.7 Å². The first kappa shape index (κ1) is 21.0. The van der Waals surface area contributed by atoms with E-state index in [1.54, 1.807) is 24.3 Å². The van der Waals surface area contributed by atoms with Gasteiger partial charge in [-0.15, -0.1) is 0 Å². The highest BCUT2D eigenvalue weighted by molar-refractivity contribution is 5.93. The number of nitrogens with zero attached hydrogens (tertiary/aromatic N) is 2. The van der Waals surface area contributed by atoms with Crippen molar-refractivity contribution < 1.29 is 22.8 Å². The van der Waals surface area contributed by atoms with Crippen LogP contribution in [0.3, 0.4) is 0 Å². The first-order valence-electron chi connectivity index (χ1n) is 10.3. The predicted molar refractivity (Wildman–Crippen MR) is 112 cm³/mol. The molecule has 2 aromatic rings. The number of fused-ring (bicyclic) bond motifs is 4. The van der Waals surface area contributed by atoms with Crippen LogP contribution in [0.15, 0.2) is 46.7 Å². The Morgan fingerprint density at radius 1 is 1.18 bits per heavy atom. The van der Waals surface area contributed by atoms with Crippen LogP contribution in [-0.4, -0.2) is 69.6 Å². The lowest BCUT2D eigenvalue weighted by atomic mass is 10.1. The molecule has 4 heterocycles. The van der Waals surface area contributed by atoms with Crippen LogP contribution in [0, 0.1) is 0 Å². The van der Waals surface area contributed by atoms with Gasteiger partial charge in [0.1, 0.15) is 18.4 Å². The van der Waals surface area contributed by atoms with Gasteiger partial charge in [0.2, 0.25) is 5.91 Å². The fourth-order valence-corrected chi connectivity index (χ4v) is 4.35. The Kier molecular flexibility index (Phi) is 4.83. The average molecular weight is 463 g/mol. The van der Waals surface area contributed by atoms with Crippen LogP contribution < -0.4 is 21.6 Å². The number of imidazole rings is 1. The number of aromatic nitrogens is 2. The highest BCUT2D eigenvalue weighted by Gasteiger charge is 2.42. The van der Waals surface area contributed by atoms with Gasteiger partial charge in [-0.1, -0.05) is 6.08 Å². The quantitative estimate of drug-likeness (QED) is 0.467. The summed E-state index contributed by atoms with van der Waals surface area (Å²) in [7, 11) is 0. The van der Waals surface area contributed by atoms with Crippen LogP contribution in [-0.2, 0) is 4.79 Å². The second-order valence-electron chi connectivity index (χ2n) is 8.08. The zero-order valence-corrected chi connectivity index (χ0v) is 17.1. The third-order valence-corrected chi connectivity index (χ3v) is 5.82. The maximum Gasteiger partial charge on any atom is 0.405 e. The van der Waals surface area contributed by atoms with E-state index in [0.29, 0.717) is 47.7 Å². The molecule has 1 fully saturated rings. The lowest BCUT2D eigenvalue weighted by Gasteiger charge is -2.40. The number of carbonyl (C=O) groups excluding carboxylic acids is 2. The summed E-state index contributed by atoms with van der Waals surface area (Å²) in [6.45, 7) is -0.124. The van der Waals surface area contributed by atoms with Crippen molar-refractivity contribution in [3.8, 4) is 0 Å². The number of H-pyrrole nitrogens is 2. The van der Waals surface area contributed by atoms with E-state index in [4.69, 9.17) is 0 Å². The molecular formula is C20H20F3N7O3. The third-order valence-electron chi connectivity index (χ3n) is 5.82. The SMILES string of the molecule is O=C(NCC(F)(F)F)C1C=CC2=C(N1)N(C(=O)Nc1ccc3[nH]c(=O)[nH]c3c1)[C@H]1CCN2C1. The average Bonchev–Trinajstić information content (AvgIpc) is 3.34. The molecule has 5 N–H and O–H groups in total. The second-order valence-corrected chi connectivity index (χ2v) is 8.08. The maximum absolute atomic E-state index is 13.3. The minimum Gasteiger partial charge on any atom is -0.366 e. The normalized spacial score (nSPS) is 21.8. The molecule has 1 aromatic heterocycles. The summed E-state index contributed by atoms with van der Waals surface area (Å²) in [6.07, 6.45) is -0.687. The Hall–Kier alpha value is -3.90. The van der Waals surface area contributed by atoms with Crippen molar-refractivity contribution >= 4 is 28.7 Å². The topological polar surface area (TPSA) is 125 Å². The molecule has 33 heavy (non-hydrogen) atoms. The molecule has 10 nitrogen and oxygen atoms in total. The number of hydrogen-bond acceptors (Lipinski definition) is 5. The summed E-state index contributed by atoms with van der Waals surface area (Å²) in [4.78, 5) is 45.8. The van der Waals surface area contributed by atoms with Crippen LogP contribution in [0.5, 0.6) is 0 Å². The van der Waals surface area contributed by atoms with Crippen LogP contribution in [0.1, 0.15) is 6.42 Å². The number of dihydropyridines is 1. The molecule has 0 saturated carbocycles. The van der Waals surface area contributed by atoms with E-state index in [9.17, 15) is 27.6 Å². The molecule has 0 radical (unpaired) electrons. The van der Waals surface area contributed by atoms with E-state index in [1.165, 1.54) is 11.0 Å². The number of halogens is 3. The molecule has 2 atom stereocenters. The number of carbonyl (C=O) groups is 2. The van der Waals surface area contributed by atoms with Gasteiger partial charge in [-0.3, -0.25) is 9.69 Å². The van der Waals surface area contributed by atoms with E-state index in [0.717, 1.165) is 0 Å². The zero-order valence-electron chi connectivity index (χ0n) is 17.1. The number of urea groups is 1. The van der Waals surface area contributed by atoms with Crippen molar-refractivity contribution in [2.75, 3.05) is 25.0 Å². The first-order chi connectivity index (χ1) is 15.7. The fraction of sp³-hybridized carbons (Fsp3) is 0.350. The van der Waals surface area contributed by atoms with E-state index in [-0.39, 0.29) is 11.7 Å². The summed E-state index contributed by atoms with van der Waals surface area (Å²) >= 11 is 0. The summed E-state index contributed by atoms with van der Waals surface area (Å²) in [5.74, 6) is -0.475. The lowest BCUT2D eigenvalue weighted by Crippen LogP contribution is -2.56. The fourth-order valence-electron chi connectivity index (χ4n) is 4.35.